The second-order valence-corrected chi connectivity index (χ2v) is 4.69. The van der Waals surface area contributed by atoms with Crippen LogP contribution < -0.4 is 5.32 Å². The number of amides is 3. The fourth-order valence-electron chi connectivity index (χ4n) is 1.47. The average molecular weight is 274 g/mol. The Labute approximate surface area is 108 Å². The quantitative estimate of drug-likeness (QED) is 0.711. The van der Waals surface area contributed by atoms with E-state index in [-0.39, 0.29) is 18.9 Å². The molecule has 0 aromatic heterocycles. The Balaban J connectivity index is 2.74. The molecule has 7 nitrogen and oxygen atoms in total. The Morgan fingerprint density at radius 3 is 2.67 bits per heavy atom. The van der Waals surface area contributed by atoms with E-state index < -0.39 is 23.2 Å². The molecule has 0 saturated carbocycles. The van der Waals surface area contributed by atoms with Crippen molar-refractivity contribution >= 4 is 34.8 Å². The van der Waals surface area contributed by atoms with Gasteiger partial charge in [0.05, 0.1) is 13.7 Å². The summed E-state index contributed by atoms with van der Waals surface area (Å²) in [6, 6.07) is -1.03. The number of methoxy groups -OCH3 is 1. The van der Waals surface area contributed by atoms with E-state index in [4.69, 9.17) is 0 Å². The lowest BCUT2D eigenvalue weighted by atomic mass is 10.2. The fraction of sp³-hybridized carbons (Fsp3) is 0.600. The normalized spacial score (nSPS) is 17.3. The van der Waals surface area contributed by atoms with E-state index in [2.05, 4.69) is 10.1 Å². The standard InChI is InChI=1S/C10H14N2O5S/c1-6(13)11-7(9(15)17-2)5-12-8(14)3-4-18-10(12)16/h7H,3-5H2,1-2H3,(H,11,13). The number of nitrogens with zero attached hydrogens (tertiary/aromatic N) is 1. The van der Waals surface area contributed by atoms with Gasteiger partial charge in [0.25, 0.3) is 5.24 Å². The van der Waals surface area contributed by atoms with Gasteiger partial charge in [-0.15, -0.1) is 0 Å². The molecule has 1 unspecified atom stereocenters. The van der Waals surface area contributed by atoms with Crippen molar-refractivity contribution in [1.29, 1.82) is 0 Å². The van der Waals surface area contributed by atoms with Gasteiger partial charge >= 0.3 is 5.97 Å². The van der Waals surface area contributed by atoms with Crippen LogP contribution in [-0.4, -0.2) is 53.4 Å². The summed E-state index contributed by atoms with van der Waals surface area (Å²) < 4.78 is 4.52. The number of rotatable bonds is 4. The van der Waals surface area contributed by atoms with E-state index in [9.17, 15) is 19.2 Å². The third-order valence-electron chi connectivity index (χ3n) is 2.29. The summed E-state index contributed by atoms with van der Waals surface area (Å²) in [5.41, 5.74) is 0. The molecule has 1 fully saturated rings. The lowest BCUT2D eigenvalue weighted by molar-refractivity contribution is -0.145. The second kappa shape index (κ2) is 6.39. The van der Waals surface area contributed by atoms with E-state index in [1.807, 2.05) is 0 Å². The SMILES string of the molecule is COC(=O)C(CN1C(=O)CCSC1=O)NC(C)=O. The van der Waals surface area contributed by atoms with Gasteiger partial charge in [0.15, 0.2) is 0 Å². The number of nitrogens with one attached hydrogen (secondary N) is 1. The van der Waals surface area contributed by atoms with Gasteiger partial charge in [0.1, 0.15) is 6.04 Å². The first-order valence-electron chi connectivity index (χ1n) is 5.27. The largest absolute Gasteiger partial charge is 0.467 e. The zero-order chi connectivity index (χ0) is 13.7. The third-order valence-corrected chi connectivity index (χ3v) is 3.17. The van der Waals surface area contributed by atoms with E-state index >= 15 is 0 Å². The summed E-state index contributed by atoms with van der Waals surface area (Å²) in [7, 11) is 1.17. The van der Waals surface area contributed by atoms with Gasteiger partial charge in [0.2, 0.25) is 11.8 Å². The molecular formula is C10H14N2O5S. The number of esters is 1. The van der Waals surface area contributed by atoms with Crippen molar-refractivity contribution < 1.29 is 23.9 Å². The molecule has 0 bridgehead atoms. The van der Waals surface area contributed by atoms with E-state index in [1.165, 1.54) is 14.0 Å². The number of ether oxygens (including phenoxy) is 1. The van der Waals surface area contributed by atoms with Gasteiger partial charge in [0, 0.05) is 19.1 Å². The highest BCUT2D eigenvalue weighted by Gasteiger charge is 2.32. The molecule has 1 heterocycles. The van der Waals surface area contributed by atoms with Crippen LogP contribution in [0.25, 0.3) is 0 Å². The first-order chi connectivity index (χ1) is 8.45. The summed E-state index contributed by atoms with van der Waals surface area (Å²) in [6.07, 6.45) is 0.240. The Bertz CT molecular complexity index is 368. The highest BCUT2D eigenvalue weighted by atomic mass is 32.2. The summed E-state index contributed by atoms with van der Waals surface area (Å²) >= 11 is 1.01. The van der Waals surface area contributed by atoms with E-state index in [0.29, 0.717) is 5.75 Å². The van der Waals surface area contributed by atoms with Gasteiger partial charge in [-0.3, -0.25) is 19.3 Å². The van der Waals surface area contributed by atoms with Gasteiger partial charge in [-0.25, -0.2) is 4.79 Å². The highest BCUT2D eigenvalue weighted by molar-refractivity contribution is 8.13. The van der Waals surface area contributed by atoms with Crippen molar-refractivity contribution in [3.8, 4) is 0 Å². The van der Waals surface area contributed by atoms with Crippen molar-refractivity contribution in [1.82, 2.24) is 10.2 Å². The molecule has 0 aliphatic carbocycles. The molecule has 1 saturated heterocycles. The second-order valence-electron chi connectivity index (χ2n) is 3.64. The lowest BCUT2D eigenvalue weighted by Gasteiger charge is -2.27. The summed E-state index contributed by atoms with van der Waals surface area (Å²) in [5, 5.41) is 1.94. The van der Waals surface area contributed by atoms with Crippen LogP contribution in [0.3, 0.4) is 0 Å². The van der Waals surface area contributed by atoms with Crippen molar-refractivity contribution in [2.75, 3.05) is 19.4 Å². The molecular weight excluding hydrogens is 260 g/mol. The van der Waals surface area contributed by atoms with Crippen molar-refractivity contribution in [3.63, 3.8) is 0 Å². The van der Waals surface area contributed by atoms with Crippen molar-refractivity contribution in [2.24, 2.45) is 0 Å². The van der Waals surface area contributed by atoms with Crippen LogP contribution in [0, 0.1) is 0 Å². The molecule has 1 aliphatic rings. The Kier molecular flexibility index (Phi) is 5.14. The van der Waals surface area contributed by atoms with Gasteiger partial charge in [-0.2, -0.15) is 0 Å². The number of hydrogen-bond acceptors (Lipinski definition) is 6. The maximum Gasteiger partial charge on any atom is 0.330 e. The monoisotopic (exact) mass is 274 g/mol. The van der Waals surface area contributed by atoms with Crippen LogP contribution in [0.4, 0.5) is 4.79 Å². The summed E-state index contributed by atoms with van der Waals surface area (Å²) in [4.78, 5) is 46.5. The van der Waals surface area contributed by atoms with Crippen LogP contribution in [0.15, 0.2) is 0 Å². The van der Waals surface area contributed by atoms with Crippen molar-refractivity contribution in [3.05, 3.63) is 0 Å². The minimum atomic E-state index is -1.03. The molecule has 0 aromatic carbocycles. The average Bonchev–Trinajstić information content (AvgIpc) is 2.31. The van der Waals surface area contributed by atoms with E-state index in [0.717, 1.165) is 16.7 Å². The summed E-state index contributed by atoms with van der Waals surface area (Å²) in [5.74, 6) is -1.04. The maximum atomic E-state index is 11.6. The van der Waals surface area contributed by atoms with E-state index in [1.54, 1.807) is 0 Å². The molecule has 0 radical (unpaired) electrons. The van der Waals surface area contributed by atoms with Gasteiger partial charge in [-0.05, 0) is 0 Å². The molecule has 1 rings (SSSR count). The van der Waals surface area contributed by atoms with Crippen molar-refractivity contribution in [2.45, 2.75) is 19.4 Å². The number of carbonyl (C=O) groups excluding carboxylic acids is 4. The number of imide groups is 1. The molecule has 18 heavy (non-hydrogen) atoms. The molecule has 0 spiro atoms. The lowest BCUT2D eigenvalue weighted by Crippen LogP contribution is -2.51. The Morgan fingerprint density at radius 1 is 1.50 bits per heavy atom. The topological polar surface area (TPSA) is 92.8 Å². The van der Waals surface area contributed by atoms with Crippen LogP contribution >= 0.6 is 11.8 Å². The zero-order valence-corrected chi connectivity index (χ0v) is 10.9. The predicted molar refractivity (Wildman–Crippen MR) is 63.8 cm³/mol. The predicted octanol–water partition coefficient (Wildman–Crippen LogP) is -0.250. The third kappa shape index (κ3) is 3.73. The van der Waals surface area contributed by atoms with Crippen LogP contribution in [-0.2, 0) is 19.1 Å². The minimum Gasteiger partial charge on any atom is -0.467 e. The Hall–Kier alpha value is -1.57. The van der Waals surface area contributed by atoms with Crippen LogP contribution in [0.2, 0.25) is 0 Å². The van der Waals surface area contributed by atoms with Crippen LogP contribution in [0.5, 0.6) is 0 Å². The minimum absolute atomic E-state index is 0.198. The van der Waals surface area contributed by atoms with Crippen LogP contribution in [0.1, 0.15) is 13.3 Å². The first-order valence-corrected chi connectivity index (χ1v) is 6.26. The molecule has 3 amide bonds. The molecule has 0 aromatic rings. The maximum absolute atomic E-state index is 11.6. The smallest absolute Gasteiger partial charge is 0.330 e. The highest BCUT2D eigenvalue weighted by Crippen LogP contribution is 2.18. The number of carbonyl (C=O) groups is 4. The fourth-order valence-corrected chi connectivity index (χ4v) is 2.25. The molecule has 8 heteroatoms. The molecule has 100 valence electrons. The molecule has 1 atom stereocenters. The number of hydrogen-bond donors (Lipinski definition) is 1. The molecule has 1 N–H and O–H groups in total. The molecule has 1 aliphatic heterocycles. The number of thioether (sulfide) groups is 1. The Morgan fingerprint density at radius 2 is 2.17 bits per heavy atom. The van der Waals surface area contributed by atoms with Gasteiger partial charge in [-0.1, -0.05) is 11.8 Å². The summed E-state index contributed by atoms with van der Waals surface area (Å²) in [6.45, 7) is 1.04. The first kappa shape index (κ1) is 14.5. The van der Waals surface area contributed by atoms with Gasteiger partial charge < -0.3 is 10.1 Å². The zero-order valence-electron chi connectivity index (χ0n) is 10.1.